The number of anilines is 1. The van der Waals surface area contributed by atoms with E-state index in [1.165, 1.54) is 12.1 Å². The Balaban J connectivity index is 1.27. The lowest BCUT2D eigenvalue weighted by Crippen LogP contribution is -2.52. The fraction of sp³-hybridized carbons (Fsp3) is 0.381. The zero-order valence-corrected chi connectivity index (χ0v) is 17.6. The van der Waals surface area contributed by atoms with Crippen LogP contribution < -0.4 is 10.2 Å². The number of nitrogens with zero attached hydrogens (tertiary/aromatic N) is 5. The summed E-state index contributed by atoms with van der Waals surface area (Å²) in [7, 11) is 1.71. The molecule has 1 aromatic carbocycles. The van der Waals surface area contributed by atoms with Gasteiger partial charge in [0.05, 0.1) is 11.8 Å². The van der Waals surface area contributed by atoms with Gasteiger partial charge in [0.1, 0.15) is 5.82 Å². The third-order valence-electron chi connectivity index (χ3n) is 5.25. The Labute approximate surface area is 183 Å². The number of aromatic nitrogens is 3. The first-order valence-electron chi connectivity index (χ1n) is 10.3. The highest BCUT2D eigenvalue weighted by atomic mass is 19.4. The van der Waals surface area contributed by atoms with Crippen molar-refractivity contribution < 1.29 is 17.6 Å². The van der Waals surface area contributed by atoms with Crippen molar-refractivity contribution in [2.75, 3.05) is 44.7 Å². The average molecular weight is 447 g/mol. The maximum Gasteiger partial charge on any atom is 0.416 e. The first kappa shape index (κ1) is 21.7. The maximum atomic E-state index is 13.0. The lowest BCUT2D eigenvalue weighted by atomic mass is 10.1. The summed E-state index contributed by atoms with van der Waals surface area (Å²) < 4.78 is 44.3. The summed E-state index contributed by atoms with van der Waals surface area (Å²) in [6.45, 7) is 3.13. The van der Waals surface area contributed by atoms with Gasteiger partial charge in [-0.25, -0.2) is 4.98 Å². The quantitative estimate of drug-likeness (QED) is 0.462. The number of guanidine groups is 1. The third kappa shape index (κ3) is 5.04. The normalized spacial score (nSPS) is 15.3. The van der Waals surface area contributed by atoms with Crippen molar-refractivity contribution in [1.82, 2.24) is 25.4 Å². The summed E-state index contributed by atoms with van der Waals surface area (Å²) in [6.07, 6.45) is -2.15. The van der Waals surface area contributed by atoms with Crippen LogP contribution in [0.2, 0.25) is 0 Å². The van der Waals surface area contributed by atoms with E-state index in [2.05, 4.69) is 30.4 Å². The van der Waals surface area contributed by atoms with Gasteiger partial charge >= 0.3 is 6.18 Å². The molecule has 2 N–H and O–H groups in total. The molecule has 3 heterocycles. The second-order valence-electron chi connectivity index (χ2n) is 7.33. The Hall–Kier alpha value is -3.50. The smallest absolute Gasteiger partial charge is 0.416 e. The van der Waals surface area contributed by atoms with Crippen molar-refractivity contribution in [3.05, 3.63) is 54.0 Å². The van der Waals surface area contributed by atoms with E-state index in [9.17, 15) is 13.2 Å². The van der Waals surface area contributed by atoms with Crippen LogP contribution in [-0.4, -0.2) is 65.8 Å². The van der Waals surface area contributed by atoms with Gasteiger partial charge in [-0.2, -0.15) is 18.3 Å². The highest BCUT2D eigenvalue weighted by Crippen LogP contribution is 2.31. The van der Waals surface area contributed by atoms with Gasteiger partial charge in [0.25, 0.3) is 0 Å². The maximum absolute atomic E-state index is 13.0. The van der Waals surface area contributed by atoms with Crippen LogP contribution in [0.25, 0.3) is 11.6 Å². The molecule has 0 unspecified atom stereocenters. The van der Waals surface area contributed by atoms with E-state index in [-0.39, 0.29) is 0 Å². The number of benzene rings is 1. The lowest BCUT2D eigenvalue weighted by molar-refractivity contribution is -0.137. The summed E-state index contributed by atoms with van der Waals surface area (Å²) in [4.78, 5) is 12.8. The molecule has 11 heteroatoms. The number of hydrogen-bond acceptors (Lipinski definition) is 5. The van der Waals surface area contributed by atoms with Gasteiger partial charge in [-0.05, 0) is 30.3 Å². The summed E-state index contributed by atoms with van der Waals surface area (Å²) in [5.74, 6) is 2.60. The first-order valence-corrected chi connectivity index (χ1v) is 10.3. The van der Waals surface area contributed by atoms with E-state index in [0.717, 1.165) is 17.9 Å². The molecule has 2 aromatic heterocycles. The van der Waals surface area contributed by atoms with E-state index >= 15 is 0 Å². The van der Waals surface area contributed by atoms with Crippen molar-refractivity contribution in [3.8, 4) is 11.6 Å². The molecule has 0 atom stereocenters. The van der Waals surface area contributed by atoms with Crippen LogP contribution in [0, 0.1) is 0 Å². The molecular weight excluding hydrogens is 423 g/mol. The van der Waals surface area contributed by atoms with Crippen molar-refractivity contribution in [1.29, 1.82) is 0 Å². The molecular formula is C21H24F3N7O. The minimum absolute atomic E-state index is 0.514. The standard InChI is InChI=1S/C21H24F3N7O/c1-25-20(26-8-7-18-27-19(29-28-18)17-6-3-13-32-17)31-11-9-30(10-12-31)16-5-2-4-15(14-16)21(22,23)24/h2-6,13-14H,7-12H2,1H3,(H,25,26)(H,27,28,29). The number of alkyl halides is 3. The molecule has 4 rings (SSSR count). The van der Waals surface area contributed by atoms with Gasteiger partial charge in [0.15, 0.2) is 11.7 Å². The van der Waals surface area contributed by atoms with Crippen LogP contribution in [-0.2, 0) is 12.6 Å². The summed E-state index contributed by atoms with van der Waals surface area (Å²) in [5.41, 5.74) is -0.0439. The third-order valence-corrected chi connectivity index (χ3v) is 5.25. The Kier molecular flexibility index (Phi) is 6.33. The van der Waals surface area contributed by atoms with Crippen LogP contribution in [0.4, 0.5) is 18.9 Å². The number of H-pyrrole nitrogens is 1. The number of furan rings is 1. The number of aromatic amines is 1. The van der Waals surface area contributed by atoms with Gasteiger partial charge in [0.2, 0.25) is 5.82 Å². The number of piperazine rings is 1. The number of hydrogen-bond donors (Lipinski definition) is 2. The van der Waals surface area contributed by atoms with E-state index in [4.69, 9.17) is 4.42 Å². The summed E-state index contributed by atoms with van der Waals surface area (Å²) in [6, 6.07) is 9.04. The molecule has 32 heavy (non-hydrogen) atoms. The first-order chi connectivity index (χ1) is 15.4. The zero-order chi connectivity index (χ0) is 22.6. The molecule has 8 nitrogen and oxygen atoms in total. The molecule has 0 aliphatic carbocycles. The fourth-order valence-electron chi connectivity index (χ4n) is 3.60. The zero-order valence-electron chi connectivity index (χ0n) is 17.6. The van der Waals surface area contributed by atoms with Crippen LogP contribution >= 0.6 is 0 Å². The molecule has 3 aromatic rings. The van der Waals surface area contributed by atoms with Crippen molar-refractivity contribution >= 4 is 11.6 Å². The van der Waals surface area contributed by atoms with Crippen LogP contribution in [0.5, 0.6) is 0 Å². The van der Waals surface area contributed by atoms with Gasteiger partial charge in [-0.15, -0.1) is 0 Å². The van der Waals surface area contributed by atoms with E-state index < -0.39 is 11.7 Å². The summed E-state index contributed by atoms with van der Waals surface area (Å²) in [5, 5.41) is 10.4. The van der Waals surface area contributed by atoms with E-state index in [1.807, 2.05) is 4.90 Å². The van der Waals surface area contributed by atoms with Gasteiger partial charge in [-0.1, -0.05) is 6.07 Å². The molecule has 1 aliphatic heterocycles. The van der Waals surface area contributed by atoms with E-state index in [1.54, 1.807) is 31.5 Å². The molecule has 0 saturated carbocycles. The molecule has 1 fully saturated rings. The van der Waals surface area contributed by atoms with Crippen molar-refractivity contribution in [3.63, 3.8) is 0 Å². The fourth-order valence-corrected chi connectivity index (χ4v) is 3.60. The predicted octanol–water partition coefficient (Wildman–Crippen LogP) is 3.02. The molecule has 1 saturated heterocycles. The van der Waals surface area contributed by atoms with E-state index in [0.29, 0.717) is 56.4 Å². The average Bonchev–Trinajstić information content (AvgIpc) is 3.49. The van der Waals surface area contributed by atoms with Gasteiger partial charge in [-0.3, -0.25) is 10.1 Å². The second kappa shape index (κ2) is 9.33. The number of aliphatic imine (C=N–C) groups is 1. The molecule has 0 bridgehead atoms. The van der Waals surface area contributed by atoms with Crippen molar-refractivity contribution in [2.24, 2.45) is 4.99 Å². The highest BCUT2D eigenvalue weighted by molar-refractivity contribution is 5.80. The topological polar surface area (TPSA) is 85.6 Å². The number of halogens is 3. The predicted molar refractivity (Wildman–Crippen MR) is 114 cm³/mol. The molecule has 170 valence electrons. The van der Waals surface area contributed by atoms with Crippen LogP contribution in [0.3, 0.4) is 0 Å². The minimum Gasteiger partial charge on any atom is -0.461 e. The monoisotopic (exact) mass is 447 g/mol. The Bertz CT molecular complexity index is 1040. The van der Waals surface area contributed by atoms with Crippen LogP contribution in [0.15, 0.2) is 52.1 Å². The second-order valence-corrected chi connectivity index (χ2v) is 7.33. The Morgan fingerprint density at radius 2 is 2.00 bits per heavy atom. The number of nitrogens with one attached hydrogen (secondary N) is 2. The summed E-state index contributed by atoms with van der Waals surface area (Å²) >= 11 is 0. The molecule has 0 amide bonds. The largest absolute Gasteiger partial charge is 0.461 e. The van der Waals surface area contributed by atoms with Crippen molar-refractivity contribution in [2.45, 2.75) is 12.6 Å². The Morgan fingerprint density at radius 1 is 1.19 bits per heavy atom. The lowest BCUT2D eigenvalue weighted by Gasteiger charge is -2.37. The van der Waals surface area contributed by atoms with Gasteiger partial charge < -0.3 is 19.5 Å². The minimum atomic E-state index is -4.34. The number of rotatable bonds is 5. The van der Waals surface area contributed by atoms with Gasteiger partial charge in [0, 0.05) is 51.9 Å². The van der Waals surface area contributed by atoms with Crippen LogP contribution in [0.1, 0.15) is 11.4 Å². The molecule has 0 spiro atoms. The SMILES string of the molecule is CN=C(NCCc1nc(-c2ccco2)n[nH]1)N1CCN(c2cccc(C(F)(F)F)c2)CC1. The highest BCUT2D eigenvalue weighted by Gasteiger charge is 2.31. The molecule has 0 radical (unpaired) electrons. The Morgan fingerprint density at radius 3 is 2.69 bits per heavy atom. The molecule has 1 aliphatic rings.